The number of carbonyl (C=O) groups excluding carboxylic acids is 1. The summed E-state index contributed by atoms with van der Waals surface area (Å²) >= 11 is 1.28. The first-order chi connectivity index (χ1) is 14.2. The van der Waals surface area contributed by atoms with Crippen LogP contribution >= 0.6 is 11.8 Å². The van der Waals surface area contributed by atoms with Gasteiger partial charge in [-0.2, -0.15) is 0 Å². The Kier molecular flexibility index (Phi) is 6.27. The molecule has 1 amide bonds. The molecular formula is C22H23N3O3S. The molecule has 6 nitrogen and oxygen atoms in total. The number of aromatic nitrogens is 2. The predicted molar refractivity (Wildman–Crippen MR) is 114 cm³/mol. The fraction of sp³-hybridized carbons (Fsp3) is 0.318. The molecule has 7 heteroatoms. The van der Waals surface area contributed by atoms with Gasteiger partial charge in [0.25, 0.3) is 5.56 Å². The maximum atomic E-state index is 13.1. The van der Waals surface area contributed by atoms with Crippen molar-refractivity contribution >= 4 is 28.6 Å². The highest BCUT2D eigenvalue weighted by molar-refractivity contribution is 7.99. The molecule has 1 aliphatic rings. The molecule has 2 aromatic carbocycles. The second kappa shape index (κ2) is 9.24. The van der Waals surface area contributed by atoms with Crippen molar-refractivity contribution in [2.24, 2.45) is 0 Å². The van der Waals surface area contributed by atoms with Gasteiger partial charge in [-0.1, -0.05) is 54.2 Å². The molecule has 2 heterocycles. The zero-order chi connectivity index (χ0) is 20.1. The highest BCUT2D eigenvalue weighted by Gasteiger charge is 2.17. The van der Waals surface area contributed by atoms with Crippen LogP contribution in [0.5, 0.6) is 0 Å². The smallest absolute Gasteiger partial charge is 0.262 e. The van der Waals surface area contributed by atoms with E-state index in [0.29, 0.717) is 29.1 Å². The van der Waals surface area contributed by atoms with Crippen LogP contribution in [0, 0.1) is 0 Å². The second-order valence-electron chi connectivity index (χ2n) is 7.02. The van der Waals surface area contributed by atoms with Crippen molar-refractivity contribution in [3.05, 3.63) is 70.5 Å². The number of benzene rings is 2. The predicted octanol–water partition coefficient (Wildman–Crippen LogP) is 2.83. The minimum Gasteiger partial charge on any atom is -0.376 e. The van der Waals surface area contributed by atoms with Crippen LogP contribution in [0.4, 0.5) is 0 Å². The van der Waals surface area contributed by atoms with Gasteiger partial charge in [-0.05, 0) is 30.5 Å². The molecule has 1 unspecified atom stereocenters. The van der Waals surface area contributed by atoms with Crippen molar-refractivity contribution in [2.75, 3.05) is 18.9 Å². The third kappa shape index (κ3) is 4.86. The number of thioether (sulfide) groups is 1. The van der Waals surface area contributed by atoms with Gasteiger partial charge in [-0.25, -0.2) is 4.98 Å². The number of rotatable bonds is 7. The quantitative estimate of drug-likeness (QED) is 0.480. The van der Waals surface area contributed by atoms with Crippen LogP contribution in [0.2, 0.25) is 0 Å². The van der Waals surface area contributed by atoms with Crippen LogP contribution < -0.4 is 10.9 Å². The number of carbonyl (C=O) groups is 1. The molecule has 4 rings (SSSR count). The summed E-state index contributed by atoms with van der Waals surface area (Å²) in [6, 6.07) is 17.1. The second-order valence-corrected chi connectivity index (χ2v) is 7.96. The fourth-order valence-corrected chi connectivity index (χ4v) is 4.21. The molecule has 1 saturated heterocycles. The molecule has 1 fully saturated rings. The molecule has 0 radical (unpaired) electrons. The van der Waals surface area contributed by atoms with Gasteiger partial charge in [0.15, 0.2) is 5.16 Å². The van der Waals surface area contributed by atoms with E-state index in [0.717, 1.165) is 25.0 Å². The Hall–Kier alpha value is -2.64. The monoisotopic (exact) mass is 409 g/mol. The van der Waals surface area contributed by atoms with Crippen molar-refractivity contribution in [1.82, 2.24) is 14.9 Å². The van der Waals surface area contributed by atoms with Crippen molar-refractivity contribution in [2.45, 2.75) is 30.6 Å². The van der Waals surface area contributed by atoms with E-state index in [1.165, 1.54) is 11.8 Å². The van der Waals surface area contributed by atoms with Gasteiger partial charge in [0.1, 0.15) is 0 Å². The average molecular weight is 410 g/mol. The van der Waals surface area contributed by atoms with E-state index in [2.05, 4.69) is 10.3 Å². The van der Waals surface area contributed by atoms with Crippen molar-refractivity contribution in [1.29, 1.82) is 0 Å². The minimum atomic E-state index is -0.0956. The molecule has 150 valence electrons. The van der Waals surface area contributed by atoms with Gasteiger partial charge in [-0.15, -0.1) is 0 Å². The van der Waals surface area contributed by atoms with Crippen LogP contribution in [0.25, 0.3) is 10.9 Å². The first-order valence-corrected chi connectivity index (χ1v) is 10.7. The summed E-state index contributed by atoms with van der Waals surface area (Å²) in [5.74, 6) is 0.117. The van der Waals surface area contributed by atoms with Gasteiger partial charge in [-0.3, -0.25) is 14.2 Å². The molecule has 29 heavy (non-hydrogen) atoms. The van der Waals surface area contributed by atoms with Crippen LogP contribution in [-0.2, 0) is 16.1 Å². The molecule has 1 atom stereocenters. The zero-order valence-electron chi connectivity index (χ0n) is 16.0. The molecule has 0 aliphatic carbocycles. The fourth-order valence-electron chi connectivity index (χ4n) is 3.38. The number of amides is 1. The summed E-state index contributed by atoms with van der Waals surface area (Å²) in [7, 11) is 0. The number of fused-ring (bicyclic) bond motifs is 1. The van der Waals surface area contributed by atoms with E-state index in [9.17, 15) is 9.59 Å². The Morgan fingerprint density at radius 1 is 1.17 bits per heavy atom. The lowest BCUT2D eigenvalue weighted by Crippen LogP contribution is -2.33. The average Bonchev–Trinajstić information content (AvgIpc) is 3.27. The summed E-state index contributed by atoms with van der Waals surface area (Å²) in [5.41, 5.74) is 1.56. The largest absolute Gasteiger partial charge is 0.376 e. The standard InChI is InChI=1S/C22H23N3O3S/c26-20(23-13-17-9-6-12-28-17)15-29-22-24-19-11-5-4-10-18(19)21(27)25(22)14-16-7-2-1-3-8-16/h1-5,7-8,10-11,17H,6,9,12-15H2,(H,23,26). The number of para-hydroxylation sites is 1. The molecule has 1 N–H and O–H groups in total. The number of hydrogen-bond donors (Lipinski definition) is 1. The van der Waals surface area contributed by atoms with Crippen molar-refractivity contribution < 1.29 is 9.53 Å². The lowest BCUT2D eigenvalue weighted by molar-refractivity contribution is -0.119. The highest BCUT2D eigenvalue weighted by Crippen LogP contribution is 2.19. The van der Waals surface area contributed by atoms with E-state index < -0.39 is 0 Å². The van der Waals surface area contributed by atoms with Gasteiger partial charge >= 0.3 is 0 Å². The Balaban J connectivity index is 1.54. The molecule has 1 aliphatic heterocycles. The number of nitrogens with zero attached hydrogens (tertiary/aromatic N) is 2. The van der Waals surface area contributed by atoms with Crippen molar-refractivity contribution in [3.8, 4) is 0 Å². The molecule has 0 bridgehead atoms. The Bertz CT molecular complexity index is 1050. The van der Waals surface area contributed by atoms with E-state index in [1.54, 1.807) is 10.6 Å². The van der Waals surface area contributed by atoms with Crippen LogP contribution in [0.15, 0.2) is 64.5 Å². The number of nitrogens with one attached hydrogen (secondary N) is 1. The first-order valence-electron chi connectivity index (χ1n) is 9.75. The van der Waals surface area contributed by atoms with Gasteiger partial charge < -0.3 is 10.1 Å². The summed E-state index contributed by atoms with van der Waals surface area (Å²) < 4.78 is 7.18. The molecule has 0 saturated carbocycles. The lowest BCUT2D eigenvalue weighted by Gasteiger charge is -2.14. The zero-order valence-corrected chi connectivity index (χ0v) is 16.9. The summed E-state index contributed by atoms with van der Waals surface area (Å²) in [6.07, 6.45) is 2.14. The van der Waals surface area contributed by atoms with Gasteiger partial charge in [0.2, 0.25) is 5.91 Å². The summed E-state index contributed by atoms with van der Waals surface area (Å²) in [6.45, 7) is 1.71. The Morgan fingerprint density at radius 3 is 2.76 bits per heavy atom. The van der Waals surface area contributed by atoms with Crippen LogP contribution in [0.1, 0.15) is 18.4 Å². The molecule has 3 aromatic rings. The normalized spacial score (nSPS) is 16.2. The van der Waals surface area contributed by atoms with E-state index in [4.69, 9.17) is 4.74 Å². The maximum Gasteiger partial charge on any atom is 0.262 e. The lowest BCUT2D eigenvalue weighted by atomic mass is 10.2. The van der Waals surface area contributed by atoms with E-state index >= 15 is 0 Å². The highest BCUT2D eigenvalue weighted by atomic mass is 32.2. The topological polar surface area (TPSA) is 73.2 Å². The maximum absolute atomic E-state index is 13.1. The van der Waals surface area contributed by atoms with Crippen LogP contribution in [0.3, 0.4) is 0 Å². The summed E-state index contributed by atoms with van der Waals surface area (Å²) in [4.78, 5) is 30.0. The third-order valence-electron chi connectivity index (χ3n) is 4.89. The minimum absolute atomic E-state index is 0.0841. The van der Waals surface area contributed by atoms with Gasteiger partial charge in [0, 0.05) is 13.2 Å². The van der Waals surface area contributed by atoms with Crippen molar-refractivity contribution in [3.63, 3.8) is 0 Å². The third-order valence-corrected chi connectivity index (χ3v) is 5.87. The number of ether oxygens (including phenoxy) is 1. The molecule has 0 spiro atoms. The Labute approximate surface area is 173 Å². The first kappa shape index (κ1) is 19.7. The number of hydrogen-bond acceptors (Lipinski definition) is 5. The summed E-state index contributed by atoms with van der Waals surface area (Å²) in [5, 5.41) is 4.04. The molecular weight excluding hydrogens is 386 g/mol. The van der Waals surface area contributed by atoms with E-state index in [1.807, 2.05) is 48.5 Å². The SMILES string of the molecule is O=C(CSc1nc2ccccc2c(=O)n1Cc1ccccc1)NCC1CCCO1. The van der Waals surface area contributed by atoms with Gasteiger partial charge in [0.05, 0.1) is 29.3 Å². The van der Waals surface area contributed by atoms with E-state index in [-0.39, 0.29) is 23.3 Å². The van der Waals surface area contributed by atoms with Crippen LogP contribution in [-0.4, -0.2) is 40.5 Å². The molecule has 1 aromatic heterocycles. The Morgan fingerprint density at radius 2 is 1.97 bits per heavy atom.